The number of amides is 2. The van der Waals surface area contributed by atoms with Gasteiger partial charge in [0, 0.05) is 17.6 Å². The second-order valence-corrected chi connectivity index (χ2v) is 3.99. The second-order valence-electron chi connectivity index (χ2n) is 3.55. The number of likely N-dealkylation sites (N-methyl/N-ethyl adjacent to an activating group) is 1. The predicted octanol–water partition coefficient (Wildman–Crippen LogP) is 1.11. The van der Waals surface area contributed by atoms with Crippen LogP contribution in [-0.4, -0.2) is 29.8 Å². The van der Waals surface area contributed by atoms with E-state index in [4.69, 9.17) is 11.6 Å². The average molecular weight is 286 g/mol. The van der Waals surface area contributed by atoms with Gasteiger partial charge in [-0.2, -0.15) is 0 Å². The minimum atomic E-state index is -0.701. The third-order valence-corrected chi connectivity index (χ3v) is 2.42. The largest absolute Gasteiger partial charge is 0.355 e. The smallest absolute Gasteiger partial charge is 0.283 e. The number of hydrogen-bond acceptors (Lipinski definition) is 4. The fourth-order valence-corrected chi connectivity index (χ4v) is 1.53. The molecule has 1 aromatic carbocycles. The molecule has 1 aromatic rings. The summed E-state index contributed by atoms with van der Waals surface area (Å²) in [5.74, 6) is -1.07. The summed E-state index contributed by atoms with van der Waals surface area (Å²) in [6.45, 7) is 1.94. The molecule has 0 saturated heterocycles. The van der Waals surface area contributed by atoms with E-state index in [0.717, 1.165) is 6.07 Å². The van der Waals surface area contributed by atoms with Crippen molar-refractivity contribution in [3.05, 3.63) is 38.9 Å². The molecule has 8 heteroatoms. The maximum atomic E-state index is 11.8. The van der Waals surface area contributed by atoms with Gasteiger partial charge in [0.25, 0.3) is 11.6 Å². The van der Waals surface area contributed by atoms with Crippen molar-refractivity contribution in [2.75, 3.05) is 13.1 Å². The Morgan fingerprint density at radius 3 is 2.63 bits per heavy atom. The summed E-state index contributed by atoms with van der Waals surface area (Å²) in [6.07, 6.45) is 0. The Kier molecular flexibility index (Phi) is 5.25. The van der Waals surface area contributed by atoms with Crippen LogP contribution >= 0.6 is 11.6 Å². The van der Waals surface area contributed by atoms with E-state index < -0.39 is 16.5 Å². The molecule has 2 amide bonds. The Bertz CT molecular complexity index is 519. The Morgan fingerprint density at radius 1 is 1.37 bits per heavy atom. The zero-order valence-corrected chi connectivity index (χ0v) is 10.9. The van der Waals surface area contributed by atoms with Crippen LogP contribution in [0, 0.1) is 10.1 Å². The SMILES string of the molecule is CCNC(=O)CNC(=O)c1ccc(Cl)cc1[N+](=O)[O-]. The van der Waals surface area contributed by atoms with Crippen LogP contribution in [0.3, 0.4) is 0 Å². The summed E-state index contributed by atoms with van der Waals surface area (Å²) < 4.78 is 0. The third kappa shape index (κ3) is 4.22. The van der Waals surface area contributed by atoms with Crippen LogP contribution < -0.4 is 10.6 Å². The van der Waals surface area contributed by atoms with Crippen molar-refractivity contribution >= 4 is 29.1 Å². The van der Waals surface area contributed by atoms with Gasteiger partial charge in [0.15, 0.2) is 0 Å². The molecule has 1 rings (SSSR count). The standard InChI is InChI=1S/C11H12ClN3O4/c1-2-13-10(16)6-14-11(17)8-4-3-7(12)5-9(8)15(18)19/h3-5H,2,6H2,1H3,(H,13,16)(H,14,17). The lowest BCUT2D eigenvalue weighted by atomic mass is 10.1. The van der Waals surface area contributed by atoms with E-state index >= 15 is 0 Å². The predicted molar refractivity (Wildman–Crippen MR) is 69.1 cm³/mol. The number of rotatable bonds is 5. The van der Waals surface area contributed by atoms with Crippen LogP contribution in [0.1, 0.15) is 17.3 Å². The van der Waals surface area contributed by atoms with Gasteiger partial charge < -0.3 is 10.6 Å². The number of hydrogen-bond donors (Lipinski definition) is 2. The fourth-order valence-electron chi connectivity index (χ4n) is 1.36. The molecule has 102 valence electrons. The summed E-state index contributed by atoms with van der Waals surface area (Å²) in [4.78, 5) is 33.0. The number of nitrogens with zero attached hydrogens (tertiary/aromatic N) is 1. The van der Waals surface area contributed by atoms with Crippen LogP contribution in [0.15, 0.2) is 18.2 Å². The van der Waals surface area contributed by atoms with Crippen LogP contribution in [-0.2, 0) is 4.79 Å². The topological polar surface area (TPSA) is 101 Å². The first-order valence-electron chi connectivity index (χ1n) is 5.44. The molecule has 0 saturated carbocycles. The number of halogens is 1. The Morgan fingerprint density at radius 2 is 2.05 bits per heavy atom. The first-order valence-corrected chi connectivity index (χ1v) is 5.82. The van der Waals surface area contributed by atoms with Gasteiger partial charge in [-0.05, 0) is 19.1 Å². The number of benzene rings is 1. The molecule has 0 bridgehead atoms. The van der Waals surface area contributed by atoms with Gasteiger partial charge in [-0.1, -0.05) is 11.6 Å². The highest BCUT2D eigenvalue weighted by Gasteiger charge is 2.20. The summed E-state index contributed by atoms with van der Waals surface area (Å²) in [5, 5.41) is 15.8. The van der Waals surface area contributed by atoms with E-state index in [1.165, 1.54) is 12.1 Å². The number of nitro benzene ring substituents is 1. The van der Waals surface area contributed by atoms with E-state index in [0.29, 0.717) is 6.54 Å². The van der Waals surface area contributed by atoms with Crippen molar-refractivity contribution in [2.45, 2.75) is 6.92 Å². The summed E-state index contributed by atoms with van der Waals surface area (Å²) in [7, 11) is 0. The zero-order valence-electron chi connectivity index (χ0n) is 10.1. The van der Waals surface area contributed by atoms with E-state index in [2.05, 4.69) is 10.6 Å². The van der Waals surface area contributed by atoms with Gasteiger partial charge in [0.05, 0.1) is 11.5 Å². The monoisotopic (exact) mass is 285 g/mol. The second kappa shape index (κ2) is 6.69. The van der Waals surface area contributed by atoms with E-state index in [9.17, 15) is 19.7 Å². The van der Waals surface area contributed by atoms with Gasteiger partial charge in [-0.15, -0.1) is 0 Å². The fraction of sp³-hybridized carbons (Fsp3) is 0.273. The molecule has 0 heterocycles. The molecule has 0 aliphatic carbocycles. The van der Waals surface area contributed by atoms with Gasteiger partial charge in [0.1, 0.15) is 5.56 Å². The Hall–Kier alpha value is -2.15. The van der Waals surface area contributed by atoms with Crippen molar-refractivity contribution in [3.63, 3.8) is 0 Å². The van der Waals surface area contributed by atoms with Crippen LogP contribution in [0.5, 0.6) is 0 Å². The third-order valence-electron chi connectivity index (χ3n) is 2.18. The van der Waals surface area contributed by atoms with Crippen LogP contribution in [0.4, 0.5) is 5.69 Å². The quantitative estimate of drug-likeness (QED) is 0.625. The lowest BCUT2D eigenvalue weighted by Crippen LogP contribution is -2.36. The van der Waals surface area contributed by atoms with Crippen molar-refractivity contribution in [1.29, 1.82) is 0 Å². The zero-order chi connectivity index (χ0) is 14.4. The summed E-state index contributed by atoms with van der Waals surface area (Å²) in [5.41, 5.74) is -0.542. The van der Waals surface area contributed by atoms with Crippen LogP contribution in [0.2, 0.25) is 5.02 Å². The normalized spacial score (nSPS) is 9.79. The molecule has 0 aromatic heterocycles. The number of nitrogens with one attached hydrogen (secondary N) is 2. The van der Waals surface area contributed by atoms with Gasteiger partial charge in [-0.3, -0.25) is 19.7 Å². The van der Waals surface area contributed by atoms with Crippen molar-refractivity contribution in [1.82, 2.24) is 10.6 Å². The van der Waals surface area contributed by atoms with Gasteiger partial charge in [0.2, 0.25) is 5.91 Å². The molecular weight excluding hydrogens is 274 g/mol. The number of carbonyl (C=O) groups excluding carboxylic acids is 2. The minimum Gasteiger partial charge on any atom is -0.355 e. The molecule has 0 radical (unpaired) electrons. The molecule has 0 aliphatic heterocycles. The molecule has 19 heavy (non-hydrogen) atoms. The van der Waals surface area contributed by atoms with E-state index in [-0.39, 0.29) is 23.0 Å². The molecule has 2 N–H and O–H groups in total. The maximum Gasteiger partial charge on any atom is 0.283 e. The highest BCUT2D eigenvalue weighted by Crippen LogP contribution is 2.22. The molecule has 7 nitrogen and oxygen atoms in total. The van der Waals surface area contributed by atoms with Gasteiger partial charge >= 0.3 is 0 Å². The first-order chi connectivity index (χ1) is 8.95. The number of nitro groups is 1. The Labute approximate surface area is 114 Å². The molecule has 0 aliphatic rings. The lowest BCUT2D eigenvalue weighted by Gasteiger charge is -2.06. The first kappa shape index (κ1) is 14.9. The van der Waals surface area contributed by atoms with Crippen molar-refractivity contribution in [2.24, 2.45) is 0 Å². The summed E-state index contributed by atoms with van der Waals surface area (Å²) >= 11 is 5.63. The molecular formula is C11H12ClN3O4. The summed E-state index contributed by atoms with van der Waals surface area (Å²) in [6, 6.07) is 3.70. The molecule has 0 unspecified atom stereocenters. The molecule has 0 spiro atoms. The Balaban J connectivity index is 2.82. The highest BCUT2D eigenvalue weighted by atomic mass is 35.5. The lowest BCUT2D eigenvalue weighted by molar-refractivity contribution is -0.385. The highest BCUT2D eigenvalue weighted by molar-refractivity contribution is 6.31. The maximum absolute atomic E-state index is 11.8. The van der Waals surface area contributed by atoms with Gasteiger partial charge in [-0.25, -0.2) is 0 Å². The molecule has 0 atom stereocenters. The minimum absolute atomic E-state index is 0.140. The van der Waals surface area contributed by atoms with E-state index in [1.807, 2.05) is 0 Å². The average Bonchev–Trinajstić information content (AvgIpc) is 2.36. The van der Waals surface area contributed by atoms with Crippen molar-refractivity contribution < 1.29 is 14.5 Å². The van der Waals surface area contributed by atoms with Crippen molar-refractivity contribution in [3.8, 4) is 0 Å². The molecule has 0 fully saturated rings. The van der Waals surface area contributed by atoms with E-state index in [1.54, 1.807) is 6.92 Å². The number of carbonyl (C=O) groups is 2. The van der Waals surface area contributed by atoms with Crippen LogP contribution in [0.25, 0.3) is 0 Å².